The first-order valence-electron chi connectivity index (χ1n) is 6.51. The molecule has 0 saturated carbocycles. The van der Waals surface area contributed by atoms with Crippen molar-refractivity contribution < 1.29 is 4.74 Å². The van der Waals surface area contributed by atoms with Crippen molar-refractivity contribution in [2.75, 3.05) is 7.05 Å². The highest BCUT2D eigenvalue weighted by Gasteiger charge is 2.06. The second kappa shape index (κ2) is 6.33. The summed E-state index contributed by atoms with van der Waals surface area (Å²) in [6, 6.07) is 8.40. The Hall–Kier alpha value is -1.88. The van der Waals surface area contributed by atoms with Gasteiger partial charge in [0.25, 0.3) is 0 Å². The van der Waals surface area contributed by atoms with Gasteiger partial charge in [-0.15, -0.1) is 0 Å². The molecule has 0 aliphatic rings. The van der Waals surface area contributed by atoms with Crippen LogP contribution in [0, 0.1) is 0 Å². The molecule has 0 aliphatic carbocycles. The molecular formula is C14H20N4O. The molecule has 5 nitrogen and oxygen atoms in total. The van der Waals surface area contributed by atoms with E-state index in [0.29, 0.717) is 12.6 Å². The fraction of sp³-hybridized carbons (Fsp3) is 0.429. The van der Waals surface area contributed by atoms with Crippen molar-refractivity contribution in [1.29, 1.82) is 0 Å². The minimum absolute atomic E-state index is 0.308. The van der Waals surface area contributed by atoms with E-state index in [-0.39, 0.29) is 0 Å². The first-order valence-corrected chi connectivity index (χ1v) is 6.51. The summed E-state index contributed by atoms with van der Waals surface area (Å²) in [5.41, 5.74) is 1.21. The second-order valence-electron chi connectivity index (χ2n) is 4.36. The molecule has 2 rings (SSSR count). The summed E-state index contributed by atoms with van der Waals surface area (Å²) in [6.45, 7) is 5.39. The third-order valence-electron chi connectivity index (χ3n) is 3.15. The fourth-order valence-electron chi connectivity index (χ4n) is 1.85. The van der Waals surface area contributed by atoms with Gasteiger partial charge in [-0.3, -0.25) is 0 Å². The molecule has 1 atom stereocenters. The summed E-state index contributed by atoms with van der Waals surface area (Å²) >= 11 is 0. The Labute approximate surface area is 113 Å². The highest BCUT2D eigenvalue weighted by atomic mass is 16.5. The summed E-state index contributed by atoms with van der Waals surface area (Å²) in [6.07, 6.45) is 1.56. The fourth-order valence-corrected chi connectivity index (χ4v) is 1.85. The van der Waals surface area contributed by atoms with Gasteiger partial charge in [-0.1, -0.05) is 12.1 Å². The van der Waals surface area contributed by atoms with Crippen LogP contribution in [0.1, 0.15) is 31.3 Å². The molecule has 19 heavy (non-hydrogen) atoms. The average molecular weight is 260 g/mol. The molecule has 5 heteroatoms. The summed E-state index contributed by atoms with van der Waals surface area (Å²) in [5, 5.41) is 7.34. The van der Waals surface area contributed by atoms with Gasteiger partial charge in [-0.25, -0.2) is 9.67 Å². The number of hydrogen-bond donors (Lipinski definition) is 1. The normalized spacial score (nSPS) is 12.4. The Morgan fingerprint density at radius 3 is 3.00 bits per heavy atom. The topological polar surface area (TPSA) is 52.0 Å². The summed E-state index contributed by atoms with van der Waals surface area (Å²) in [5.74, 6) is 1.69. The molecule has 0 spiro atoms. The predicted molar refractivity (Wildman–Crippen MR) is 73.9 cm³/mol. The SMILES string of the molecule is CCn1ncnc1COc1cccc(C(C)NC)c1. The Bertz CT molecular complexity index is 524. The molecule has 102 valence electrons. The van der Waals surface area contributed by atoms with Crippen molar-refractivity contribution in [3.05, 3.63) is 42.0 Å². The summed E-state index contributed by atoms with van der Waals surface area (Å²) < 4.78 is 7.61. The molecular weight excluding hydrogens is 240 g/mol. The van der Waals surface area contributed by atoms with E-state index in [1.807, 2.05) is 36.9 Å². The summed E-state index contributed by atoms with van der Waals surface area (Å²) in [7, 11) is 1.95. The minimum atomic E-state index is 0.308. The van der Waals surface area contributed by atoms with Crippen molar-refractivity contribution in [2.24, 2.45) is 0 Å². The molecule has 0 aliphatic heterocycles. The van der Waals surface area contributed by atoms with Crippen LogP contribution in [0.15, 0.2) is 30.6 Å². The average Bonchev–Trinajstić information content (AvgIpc) is 2.92. The number of hydrogen-bond acceptors (Lipinski definition) is 4. The Morgan fingerprint density at radius 1 is 1.42 bits per heavy atom. The lowest BCUT2D eigenvalue weighted by Gasteiger charge is -2.12. The highest BCUT2D eigenvalue weighted by molar-refractivity contribution is 5.30. The van der Waals surface area contributed by atoms with Gasteiger partial charge in [0.1, 0.15) is 18.7 Å². The number of rotatable bonds is 6. The van der Waals surface area contributed by atoms with Gasteiger partial charge in [-0.05, 0) is 38.6 Å². The zero-order valence-corrected chi connectivity index (χ0v) is 11.6. The van der Waals surface area contributed by atoms with E-state index in [4.69, 9.17) is 4.74 Å². The Kier molecular flexibility index (Phi) is 4.52. The maximum Gasteiger partial charge on any atom is 0.164 e. The standard InChI is InChI=1S/C14H20N4O/c1-4-18-14(16-10-17-18)9-19-13-7-5-6-12(8-13)11(2)15-3/h5-8,10-11,15H,4,9H2,1-3H3. The van der Waals surface area contributed by atoms with E-state index in [2.05, 4.69) is 28.4 Å². The lowest BCUT2D eigenvalue weighted by atomic mass is 10.1. The molecule has 0 amide bonds. The molecule has 0 saturated heterocycles. The Balaban J connectivity index is 2.03. The maximum absolute atomic E-state index is 5.78. The number of aryl methyl sites for hydroxylation is 1. The molecule has 1 aromatic carbocycles. The number of aromatic nitrogens is 3. The molecule has 1 aromatic heterocycles. The van der Waals surface area contributed by atoms with Gasteiger partial charge in [0.05, 0.1) is 0 Å². The monoisotopic (exact) mass is 260 g/mol. The van der Waals surface area contributed by atoms with E-state index in [1.54, 1.807) is 6.33 Å². The zero-order valence-electron chi connectivity index (χ0n) is 11.6. The number of benzene rings is 1. The van der Waals surface area contributed by atoms with Crippen LogP contribution in [-0.4, -0.2) is 21.8 Å². The van der Waals surface area contributed by atoms with E-state index in [0.717, 1.165) is 18.1 Å². The van der Waals surface area contributed by atoms with E-state index < -0.39 is 0 Å². The van der Waals surface area contributed by atoms with Crippen LogP contribution < -0.4 is 10.1 Å². The van der Waals surface area contributed by atoms with Crippen LogP contribution in [0.5, 0.6) is 5.75 Å². The number of nitrogens with one attached hydrogen (secondary N) is 1. The molecule has 1 N–H and O–H groups in total. The predicted octanol–water partition coefficient (Wildman–Crippen LogP) is 2.16. The largest absolute Gasteiger partial charge is 0.486 e. The van der Waals surface area contributed by atoms with Gasteiger partial charge in [0.2, 0.25) is 0 Å². The summed E-state index contributed by atoms with van der Waals surface area (Å²) in [4.78, 5) is 4.19. The van der Waals surface area contributed by atoms with Crippen LogP contribution in [0.2, 0.25) is 0 Å². The zero-order chi connectivity index (χ0) is 13.7. The van der Waals surface area contributed by atoms with Crippen LogP contribution in [0.4, 0.5) is 0 Å². The van der Waals surface area contributed by atoms with Gasteiger partial charge in [0, 0.05) is 12.6 Å². The lowest BCUT2D eigenvalue weighted by molar-refractivity contribution is 0.287. The van der Waals surface area contributed by atoms with E-state index >= 15 is 0 Å². The van der Waals surface area contributed by atoms with Crippen LogP contribution in [-0.2, 0) is 13.2 Å². The second-order valence-corrected chi connectivity index (χ2v) is 4.36. The number of nitrogens with zero attached hydrogens (tertiary/aromatic N) is 3. The van der Waals surface area contributed by atoms with Gasteiger partial charge in [0.15, 0.2) is 5.82 Å². The van der Waals surface area contributed by atoms with Gasteiger partial charge in [-0.2, -0.15) is 5.10 Å². The molecule has 0 fully saturated rings. The molecule has 0 radical (unpaired) electrons. The van der Waals surface area contributed by atoms with Crippen LogP contribution in [0.25, 0.3) is 0 Å². The minimum Gasteiger partial charge on any atom is -0.486 e. The number of ether oxygens (including phenoxy) is 1. The van der Waals surface area contributed by atoms with Crippen molar-refractivity contribution in [1.82, 2.24) is 20.1 Å². The van der Waals surface area contributed by atoms with Crippen molar-refractivity contribution >= 4 is 0 Å². The van der Waals surface area contributed by atoms with E-state index in [9.17, 15) is 0 Å². The molecule has 2 aromatic rings. The lowest BCUT2D eigenvalue weighted by Crippen LogP contribution is -2.12. The maximum atomic E-state index is 5.78. The Morgan fingerprint density at radius 2 is 2.26 bits per heavy atom. The van der Waals surface area contributed by atoms with Crippen molar-refractivity contribution in [2.45, 2.75) is 33.0 Å². The van der Waals surface area contributed by atoms with Crippen LogP contribution in [0.3, 0.4) is 0 Å². The molecule has 0 bridgehead atoms. The first-order chi connectivity index (χ1) is 9.24. The molecule has 1 heterocycles. The molecule has 1 unspecified atom stereocenters. The third kappa shape index (κ3) is 3.32. The van der Waals surface area contributed by atoms with Gasteiger partial charge >= 0.3 is 0 Å². The quantitative estimate of drug-likeness (QED) is 0.864. The first kappa shape index (κ1) is 13.5. The smallest absolute Gasteiger partial charge is 0.164 e. The van der Waals surface area contributed by atoms with Crippen molar-refractivity contribution in [3.63, 3.8) is 0 Å². The van der Waals surface area contributed by atoms with Gasteiger partial charge < -0.3 is 10.1 Å². The highest BCUT2D eigenvalue weighted by Crippen LogP contribution is 2.19. The van der Waals surface area contributed by atoms with E-state index in [1.165, 1.54) is 5.56 Å². The van der Waals surface area contributed by atoms with Crippen molar-refractivity contribution in [3.8, 4) is 5.75 Å². The third-order valence-corrected chi connectivity index (χ3v) is 3.15. The van der Waals surface area contributed by atoms with Crippen LogP contribution >= 0.6 is 0 Å².